The molecule has 1 aromatic heterocycles. The molecule has 3 N–H and O–H groups in total. The molecule has 0 bridgehead atoms. The van der Waals surface area contributed by atoms with E-state index in [1.807, 2.05) is 0 Å². The van der Waals surface area contributed by atoms with E-state index in [1.54, 1.807) is 12.1 Å². The third-order valence-electron chi connectivity index (χ3n) is 2.21. The molecule has 0 aliphatic carbocycles. The molecule has 19 heavy (non-hydrogen) atoms. The SMILES string of the molecule is O=Cc1cc(Nc2ccco2)c(Cl)c(NS(=O)O)c1. The molecule has 0 spiro atoms. The predicted octanol–water partition coefficient (Wildman–Crippen LogP) is 3.04. The second-order valence-corrected chi connectivity index (χ2v) is 4.58. The summed E-state index contributed by atoms with van der Waals surface area (Å²) in [6.45, 7) is 0. The van der Waals surface area contributed by atoms with Gasteiger partial charge in [-0.3, -0.25) is 14.1 Å². The summed E-state index contributed by atoms with van der Waals surface area (Å²) in [5.41, 5.74) is 0.849. The van der Waals surface area contributed by atoms with Gasteiger partial charge in [-0.25, -0.2) is 4.21 Å². The number of furan rings is 1. The van der Waals surface area contributed by atoms with Gasteiger partial charge in [-0.2, -0.15) is 0 Å². The molecule has 0 saturated heterocycles. The smallest absolute Gasteiger partial charge is 0.259 e. The minimum atomic E-state index is -2.29. The molecule has 0 fully saturated rings. The Labute approximate surface area is 116 Å². The summed E-state index contributed by atoms with van der Waals surface area (Å²) in [6.07, 6.45) is 2.08. The molecule has 2 aromatic rings. The van der Waals surface area contributed by atoms with Crippen LogP contribution in [0.5, 0.6) is 0 Å². The van der Waals surface area contributed by atoms with Gasteiger partial charge in [0.1, 0.15) is 6.29 Å². The van der Waals surface area contributed by atoms with E-state index in [-0.39, 0.29) is 10.7 Å². The summed E-state index contributed by atoms with van der Waals surface area (Å²) < 4.78 is 26.9. The maximum Gasteiger partial charge on any atom is 0.259 e. The van der Waals surface area contributed by atoms with Crippen LogP contribution in [0.1, 0.15) is 10.4 Å². The van der Waals surface area contributed by atoms with Gasteiger partial charge in [0.15, 0.2) is 5.88 Å². The number of rotatable bonds is 5. The fourth-order valence-corrected chi connectivity index (χ4v) is 2.07. The molecule has 1 atom stereocenters. The van der Waals surface area contributed by atoms with Crippen molar-refractivity contribution in [3.8, 4) is 0 Å². The molecule has 100 valence electrons. The van der Waals surface area contributed by atoms with Crippen molar-refractivity contribution in [1.82, 2.24) is 0 Å². The molecule has 0 amide bonds. The largest absolute Gasteiger partial charge is 0.449 e. The van der Waals surface area contributed by atoms with Crippen LogP contribution >= 0.6 is 11.6 Å². The van der Waals surface area contributed by atoms with E-state index >= 15 is 0 Å². The van der Waals surface area contributed by atoms with Gasteiger partial charge in [0.2, 0.25) is 0 Å². The number of hydrogen-bond donors (Lipinski definition) is 3. The van der Waals surface area contributed by atoms with Crippen LogP contribution in [0.15, 0.2) is 34.9 Å². The van der Waals surface area contributed by atoms with Crippen LogP contribution in [0, 0.1) is 0 Å². The number of hydrogen-bond acceptors (Lipinski definition) is 4. The Morgan fingerprint density at radius 2 is 2.11 bits per heavy atom. The summed E-state index contributed by atoms with van der Waals surface area (Å²) in [7, 11) is 0. The standard InChI is InChI=1S/C11H9ClN2O4S/c12-11-8(13-10-2-1-3-18-10)4-7(6-15)5-9(11)14-19(16)17/h1-6,13-14H,(H,16,17). The van der Waals surface area contributed by atoms with Gasteiger partial charge in [0.05, 0.1) is 22.7 Å². The minimum absolute atomic E-state index is 0.168. The first kappa shape index (κ1) is 13.6. The normalized spacial score (nSPS) is 11.9. The van der Waals surface area contributed by atoms with Gasteiger partial charge in [0.25, 0.3) is 11.3 Å². The van der Waals surface area contributed by atoms with Crippen molar-refractivity contribution in [3.05, 3.63) is 41.1 Å². The fourth-order valence-electron chi connectivity index (χ4n) is 1.46. The van der Waals surface area contributed by atoms with Crippen LogP contribution in [0.3, 0.4) is 0 Å². The number of nitrogens with one attached hydrogen (secondary N) is 2. The van der Waals surface area contributed by atoms with E-state index in [0.717, 1.165) is 0 Å². The number of carbonyl (C=O) groups excluding carboxylic acids is 1. The Hall–Kier alpha value is -1.83. The number of halogens is 1. The van der Waals surface area contributed by atoms with Crippen LogP contribution in [-0.2, 0) is 11.3 Å². The van der Waals surface area contributed by atoms with Gasteiger partial charge in [-0.15, -0.1) is 0 Å². The van der Waals surface area contributed by atoms with Crippen LogP contribution in [0.2, 0.25) is 5.02 Å². The lowest BCUT2D eigenvalue weighted by Gasteiger charge is -2.11. The zero-order valence-electron chi connectivity index (χ0n) is 9.42. The van der Waals surface area contributed by atoms with Gasteiger partial charge in [0, 0.05) is 11.6 Å². The highest BCUT2D eigenvalue weighted by Gasteiger charge is 2.11. The highest BCUT2D eigenvalue weighted by Crippen LogP contribution is 2.33. The average Bonchev–Trinajstić information content (AvgIpc) is 2.86. The maximum atomic E-state index is 10.9. The monoisotopic (exact) mass is 300 g/mol. The highest BCUT2D eigenvalue weighted by atomic mass is 35.5. The number of carbonyl (C=O) groups is 1. The van der Waals surface area contributed by atoms with Crippen LogP contribution in [-0.4, -0.2) is 15.0 Å². The van der Waals surface area contributed by atoms with Crippen LogP contribution < -0.4 is 10.0 Å². The summed E-state index contributed by atoms with van der Waals surface area (Å²) >= 11 is 3.78. The predicted molar refractivity (Wildman–Crippen MR) is 73.2 cm³/mol. The van der Waals surface area contributed by atoms with Crippen molar-refractivity contribution in [2.75, 3.05) is 10.0 Å². The molecule has 8 heteroatoms. The molecular weight excluding hydrogens is 292 g/mol. The Kier molecular flexibility index (Phi) is 4.20. The zero-order valence-corrected chi connectivity index (χ0v) is 11.0. The number of anilines is 3. The minimum Gasteiger partial charge on any atom is -0.449 e. The van der Waals surface area contributed by atoms with Crippen molar-refractivity contribution in [2.24, 2.45) is 0 Å². The molecule has 6 nitrogen and oxygen atoms in total. The first-order valence-electron chi connectivity index (χ1n) is 5.07. The summed E-state index contributed by atoms with van der Waals surface area (Å²) in [5, 5.41) is 3.03. The van der Waals surface area contributed by atoms with Crippen molar-refractivity contribution in [3.63, 3.8) is 0 Å². The first-order chi connectivity index (χ1) is 9.10. The van der Waals surface area contributed by atoms with Crippen molar-refractivity contribution < 1.29 is 18.0 Å². The van der Waals surface area contributed by atoms with E-state index in [1.165, 1.54) is 18.4 Å². The lowest BCUT2D eigenvalue weighted by molar-refractivity contribution is 0.112. The third kappa shape index (κ3) is 3.34. The molecule has 0 saturated carbocycles. The summed E-state index contributed by atoms with van der Waals surface area (Å²) in [5.74, 6) is 0.431. The quantitative estimate of drug-likeness (QED) is 0.583. The number of aldehydes is 1. The van der Waals surface area contributed by atoms with E-state index in [0.29, 0.717) is 23.4 Å². The lowest BCUT2D eigenvalue weighted by Crippen LogP contribution is -2.04. The third-order valence-corrected chi connectivity index (χ3v) is 3.01. The molecule has 0 aliphatic heterocycles. The van der Waals surface area contributed by atoms with Crippen LogP contribution in [0.25, 0.3) is 0 Å². The van der Waals surface area contributed by atoms with Crippen molar-refractivity contribution >= 4 is 46.4 Å². The van der Waals surface area contributed by atoms with Gasteiger partial charge in [-0.05, 0) is 18.2 Å². The van der Waals surface area contributed by atoms with E-state index in [2.05, 4.69) is 10.0 Å². The summed E-state index contributed by atoms with van der Waals surface area (Å²) in [4.78, 5) is 10.9. The Balaban J connectivity index is 2.41. The number of benzene rings is 1. The molecule has 1 aromatic carbocycles. The van der Waals surface area contributed by atoms with Gasteiger partial charge >= 0.3 is 0 Å². The van der Waals surface area contributed by atoms with Gasteiger partial charge in [-0.1, -0.05) is 11.6 Å². The zero-order chi connectivity index (χ0) is 13.8. The first-order valence-corrected chi connectivity index (χ1v) is 6.55. The second-order valence-electron chi connectivity index (χ2n) is 3.50. The lowest BCUT2D eigenvalue weighted by atomic mass is 10.2. The Morgan fingerprint density at radius 3 is 2.68 bits per heavy atom. The topological polar surface area (TPSA) is 91.6 Å². The Morgan fingerprint density at radius 1 is 1.37 bits per heavy atom. The van der Waals surface area contributed by atoms with Crippen molar-refractivity contribution in [1.29, 1.82) is 0 Å². The van der Waals surface area contributed by atoms with Gasteiger partial charge < -0.3 is 9.73 Å². The molecular formula is C11H9ClN2O4S. The van der Waals surface area contributed by atoms with E-state index in [4.69, 9.17) is 20.6 Å². The molecule has 1 unspecified atom stereocenters. The maximum absolute atomic E-state index is 10.9. The molecule has 2 rings (SSSR count). The molecule has 0 radical (unpaired) electrons. The molecule has 0 aliphatic rings. The Bertz CT molecular complexity index is 615. The second kappa shape index (κ2) is 5.87. The summed E-state index contributed by atoms with van der Waals surface area (Å²) in [6, 6.07) is 6.23. The average molecular weight is 301 g/mol. The van der Waals surface area contributed by atoms with E-state index < -0.39 is 11.3 Å². The highest BCUT2D eigenvalue weighted by molar-refractivity contribution is 7.80. The van der Waals surface area contributed by atoms with Crippen LogP contribution in [0.4, 0.5) is 17.3 Å². The van der Waals surface area contributed by atoms with E-state index in [9.17, 15) is 9.00 Å². The fraction of sp³-hybridized carbons (Fsp3) is 0. The van der Waals surface area contributed by atoms with Crippen molar-refractivity contribution in [2.45, 2.75) is 0 Å². The molecule has 1 heterocycles.